The van der Waals surface area contributed by atoms with E-state index in [1.165, 1.54) is 5.56 Å². The van der Waals surface area contributed by atoms with Crippen LogP contribution in [0, 0.1) is 13.5 Å². The number of benzene rings is 1. The minimum Gasteiger partial charge on any atom is -0.364 e. The molecule has 74 valence electrons. The van der Waals surface area contributed by atoms with Gasteiger partial charge in [-0.1, -0.05) is 36.4 Å². The molecule has 1 aromatic rings. The van der Waals surface area contributed by atoms with E-state index < -0.39 is 0 Å². The van der Waals surface area contributed by atoms with Gasteiger partial charge in [-0.25, -0.2) is 0 Å². The van der Waals surface area contributed by atoms with Crippen LogP contribution in [0.1, 0.15) is 17.5 Å². The molecule has 0 radical (unpaired) electrons. The SMILES string of the molecule is [C-]#[N+]C1=NC(Cl)=C(c2ccc(C)cc2)C1. The molecule has 2 nitrogen and oxygen atoms in total. The van der Waals surface area contributed by atoms with Crippen molar-refractivity contribution in [1.29, 1.82) is 0 Å². The third-order valence-electron chi connectivity index (χ3n) is 2.34. The summed E-state index contributed by atoms with van der Waals surface area (Å²) in [6, 6.07) is 8.08. The third-order valence-corrected chi connectivity index (χ3v) is 2.65. The van der Waals surface area contributed by atoms with Crippen molar-refractivity contribution in [2.45, 2.75) is 13.3 Å². The molecule has 0 aromatic heterocycles. The Labute approximate surface area is 93.7 Å². The van der Waals surface area contributed by atoms with Gasteiger partial charge in [0.25, 0.3) is 5.84 Å². The van der Waals surface area contributed by atoms with Crippen LogP contribution in [-0.2, 0) is 0 Å². The van der Waals surface area contributed by atoms with Gasteiger partial charge in [0.1, 0.15) is 0 Å². The van der Waals surface area contributed by atoms with Crippen LogP contribution in [0.25, 0.3) is 10.4 Å². The van der Waals surface area contributed by atoms with Gasteiger partial charge in [0.2, 0.25) is 5.16 Å². The molecule has 1 aromatic carbocycles. The highest BCUT2D eigenvalue weighted by molar-refractivity contribution is 6.35. The van der Waals surface area contributed by atoms with Crippen molar-refractivity contribution in [3.63, 3.8) is 0 Å². The standard InChI is InChI=1S/C12H9ClN2/c1-8-3-5-9(6-4-8)10-7-11(14-2)15-12(10)13/h3-6H,7H2,1H3. The first kappa shape index (κ1) is 9.95. The molecule has 1 aliphatic rings. The minimum atomic E-state index is 0.449. The first-order valence-electron chi connectivity index (χ1n) is 4.61. The van der Waals surface area contributed by atoms with Crippen molar-refractivity contribution < 1.29 is 0 Å². The average molecular weight is 217 g/mol. The zero-order valence-electron chi connectivity index (χ0n) is 8.29. The van der Waals surface area contributed by atoms with E-state index in [9.17, 15) is 0 Å². The molecule has 0 saturated heterocycles. The molecule has 0 saturated carbocycles. The second kappa shape index (κ2) is 3.88. The third kappa shape index (κ3) is 1.93. The maximum atomic E-state index is 6.89. The summed E-state index contributed by atoms with van der Waals surface area (Å²) in [5, 5.41) is 0.449. The molecule has 0 fully saturated rings. The maximum absolute atomic E-state index is 6.89. The van der Waals surface area contributed by atoms with Crippen LogP contribution in [-0.4, -0.2) is 5.84 Å². The second-order valence-corrected chi connectivity index (χ2v) is 3.81. The van der Waals surface area contributed by atoms with E-state index in [2.05, 4.69) is 9.84 Å². The quantitative estimate of drug-likeness (QED) is 0.504. The van der Waals surface area contributed by atoms with Crippen LogP contribution in [0.2, 0.25) is 0 Å². The molecule has 0 amide bonds. The minimum absolute atomic E-state index is 0.449. The molecule has 15 heavy (non-hydrogen) atoms. The number of nitrogens with zero attached hydrogens (tertiary/aromatic N) is 2. The molecule has 0 aliphatic carbocycles. The number of aryl methyl sites for hydroxylation is 1. The Hall–Kier alpha value is -1.59. The van der Waals surface area contributed by atoms with Gasteiger partial charge in [-0.05, 0) is 24.1 Å². The fourth-order valence-corrected chi connectivity index (χ4v) is 1.77. The van der Waals surface area contributed by atoms with Crippen molar-refractivity contribution in [3.8, 4) is 0 Å². The summed E-state index contributed by atoms with van der Waals surface area (Å²) in [6.45, 7) is 8.92. The van der Waals surface area contributed by atoms with Crippen molar-refractivity contribution in [2.24, 2.45) is 4.99 Å². The van der Waals surface area contributed by atoms with E-state index in [0.29, 0.717) is 17.4 Å². The molecule has 3 heteroatoms. The summed E-state index contributed by atoms with van der Waals surface area (Å²) in [5.41, 5.74) is 3.20. The molecule has 2 rings (SSSR count). The van der Waals surface area contributed by atoms with Crippen molar-refractivity contribution in [1.82, 2.24) is 0 Å². The zero-order chi connectivity index (χ0) is 10.8. The summed E-state index contributed by atoms with van der Waals surface area (Å²) in [6.07, 6.45) is 0.547. The largest absolute Gasteiger partial charge is 0.364 e. The van der Waals surface area contributed by atoms with Gasteiger partial charge >= 0.3 is 0 Å². The van der Waals surface area contributed by atoms with Gasteiger partial charge in [0.15, 0.2) is 0 Å². The summed E-state index contributed by atoms with van der Waals surface area (Å²) < 4.78 is 0. The van der Waals surface area contributed by atoms with Gasteiger partial charge in [0.05, 0.1) is 0 Å². The lowest BCUT2D eigenvalue weighted by Gasteiger charge is -2.01. The monoisotopic (exact) mass is 216 g/mol. The van der Waals surface area contributed by atoms with Crippen LogP contribution in [0.5, 0.6) is 0 Å². The smallest absolute Gasteiger partial charge is 0.252 e. The Kier molecular flexibility index (Phi) is 2.57. The van der Waals surface area contributed by atoms with Gasteiger partial charge in [-0.3, -0.25) is 0 Å². The number of hydrogen-bond acceptors (Lipinski definition) is 1. The zero-order valence-corrected chi connectivity index (χ0v) is 9.04. The Morgan fingerprint density at radius 3 is 2.53 bits per heavy atom. The van der Waals surface area contributed by atoms with Crippen LogP contribution in [0.3, 0.4) is 0 Å². The van der Waals surface area contributed by atoms with Crippen LogP contribution >= 0.6 is 11.6 Å². The molecule has 0 unspecified atom stereocenters. The van der Waals surface area contributed by atoms with E-state index in [0.717, 1.165) is 11.1 Å². The van der Waals surface area contributed by atoms with Crippen LogP contribution in [0.4, 0.5) is 0 Å². The van der Waals surface area contributed by atoms with E-state index in [-0.39, 0.29) is 0 Å². The van der Waals surface area contributed by atoms with E-state index >= 15 is 0 Å². The van der Waals surface area contributed by atoms with Crippen molar-refractivity contribution in [3.05, 3.63) is 52.0 Å². The lowest BCUT2D eigenvalue weighted by Crippen LogP contribution is -1.88. The molecule has 0 N–H and O–H groups in total. The molecule has 1 heterocycles. The highest BCUT2D eigenvalue weighted by Gasteiger charge is 2.20. The Bertz CT molecular complexity index is 489. The number of hydrogen-bond donors (Lipinski definition) is 0. The van der Waals surface area contributed by atoms with Gasteiger partial charge in [-0.15, -0.1) is 4.99 Å². The summed E-state index contributed by atoms with van der Waals surface area (Å²) in [7, 11) is 0. The van der Waals surface area contributed by atoms with Crippen molar-refractivity contribution >= 4 is 23.0 Å². The molecule has 0 spiro atoms. The molecular weight excluding hydrogens is 208 g/mol. The van der Waals surface area contributed by atoms with Crippen molar-refractivity contribution in [2.75, 3.05) is 0 Å². The number of aliphatic imine (C=N–C) groups is 1. The average Bonchev–Trinajstić information content (AvgIpc) is 2.61. The Morgan fingerprint density at radius 1 is 1.33 bits per heavy atom. The Balaban J connectivity index is 2.33. The number of amidine groups is 1. The predicted octanol–water partition coefficient (Wildman–Crippen LogP) is 3.62. The first-order chi connectivity index (χ1) is 7.20. The van der Waals surface area contributed by atoms with Gasteiger partial charge in [0, 0.05) is 12.0 Å². The molecule has 1 aliphatic heterocycles. The first-order valence-corrected chi connectivity index (χ1v) is 4.99. The van der Waals surface area contributed by atoms with Gasteiger partial charge in [-0.2, -0.15) is 0 Å². The van der Waals surface area contributed by atoms with E-state index in [4.69, 9.17) is 18.2 Å². The second-order valence-electron chi connectivity index (χ2n) is 3.45. The molecule has 0 bridgehead atoms. The van der Waals surface area contributed by atoms with Crippen LogP contribution in [0.15, 0.2) is 34.4 Å². The summed E-state index contributed by atoms with van der Waals surface area (Å²) in [4.78, 5) is 7.30. The number of halogens is 1. The highest BCUT2D eigenvalue weighted by Crippen LogP contribution is 2.31. The number of rotatable bonds is 1. The fourth-order valence-electron chi connectivity index (χ4n) is 1.49. The highest BCUT2D eigenvalue weighted by atomic mass is 35.5. The van der Waals surface area contributed by atoms with Crippen LogP contribution < -0.4 is 0 Å². The maximum Gasteiger partial charge on any atom is 0.252 e. The lowest BCUT2D eigenvalue weighted by atomic mass is 10.0. The van der Waals surface area contributed by atoms with Gasteiger partial charge < -0.3 is 4.85 Å². The summed E-state index contributed by atoms with van der Waals surface area (Å²) in [5.74, 6) is 0.468. The predicted molar refractivity (Wildman–Crippen MR) is 62.6 cm³/mol. The topological polar surface area (TPSA) is 16.7 Å². The normalized spacial score (nSPS) is 15.1. The Morgan fingerprint density at radius 2 is 2.00 bits per heavy atom. The molecule has 0 atom stereocenters. The van der Waals surface area contributed by atoms with E-state index in [1.54, 1.807) is 0 Å². The van der Waals surface area contributed by atoms with E-state index in [1.807, 2.05) is 31.2 Å². The lowest BCUT2D eigenvalue weighted by molar-refractivity contribution is 1.42. The summed E-state index contributed by atoms with van der Waals surface area (Å²) >= 11 is 5.97. The fraction of sp³-hybridized carbons (Fsp3) is 0.167. The molecular formula is C12H9ClN2.